The number of carboxylic acid groups (broad SMARTS) is 1. The third kappa shape index (κ3) is 3.69. The van der Waals surface area contributed by atoms with Crippen LogP contribution in [0.4, 0.5) is 11.5 Å². The Bertz CT molecular complexity index is 480. The summed E-state index contributed by atoms with van der Waals surface area (Å²) >= 11 is 0. The first-order chi connectivity index (χ1) is 8.20. The molecule has 0 atom stereocenters. The first kappa shape index (κ1) is 13.9. The van der Waals surface area contributed by atoms with Gasteiger partial charge in [-0.2, -0.15) is 0 Å². The third-order valence-corrected chi connectivity index (χ3v) is 2.12. The number of carbonyl (C=O) groups is 1. The minimum atomic E-state index is -1.23. The average molecular weight is 253 g/mol. The van der Waals surface area contributed by atoms with Crippen molar-refractivity contribution in [1.29, 1.82) is 0 Å². The molecule has 2 N–H and O–H groups in total. The number of anilines is 1. The van der Waals surface area contributed by atoms with E-state index in [2.05, 4.69) is 10.3 Å². The Hall–Kier alpha value is -2.18. The number of nitrogens with zero attached hydrogens (tertiary/aromatic N) is 2. The molecule has 18 heavy (non-hydrogen) atoms. The van der Waals surface area contributed by atoms with E-state index < -0.39 is 16.7 Å². The van der Waals surface area contributed by atoms with Crippen molar-refractivity contribution < 1.29 is 14.8 Å². The molecule has 0 aliphatic carbocycles. The van der Waals surface area contributed by atoms with Crippen molar-refractivity contribution in [3.63, 3.8) is 0 Å². The molecule has 1 rings (SSSR count). The van der Waals surface area contributed by atoms with Crippen molar-refractivity contribution in [2.24, 2.45) is 5.41 Å². The standard InChI is InChI=1S/C11H15N3O4/c1-11(2,3)6-13-8-5-12-9(14(17)18)4-7(8)10(15)16/h4-5,13H,6H2,1-3H3,(H,15,16). The van der Waals surface area contributed by atoms with E-state index in [9.17, 15) is 14.9 Å². The highest BCUT2D eigenvalue weighted by Crippen LogP contribution is 2.21. The van der Waals surface area contributed by atoms with E-state index in [-0.39, 0.29) is 16.7 Å². The van der Waals surface area contributed by atoms with Gasteiger partial charge in [0.25, 0.3) is 0 Å². The first-order valence-corrected chi connectivity index (χ1v) is 5.32. The van der Waals surface area contributed by atoms with E-state index in [0.717, 1.165) is 6.07 Å². The summed E-state index contributed by atoms with van der Waals surface area (Å²) in [6.07, 6.45) is 1.17. The molecule has 0 radical (unpaired) electrons. The van der Waals surface area contributed by atoms with Gasteiger partial charge in [0, 0.05) is 6.54 Å². The number of pyridine rings is 1. The predicted octanol–water partition coefficient (Wildman–Crippen LogP) is 2.15. The molecular formula is C11H15N3O4. The van der Waals surface area contributed by atoms with Gasteiger partial charge in [-0.05, 0) is 15.3 Å². The molecular weight excluding hydrogens is 238 g/mol. The van der Waals surface area contributed by atoms with Gasteiger partial charge in [-0.1, -0.05) is 20.8 Å². The van der Waals surface area contributed by atoms with E-state index in [1.54, 1.807) is 0 Å². The lowest BCUT2D eigenvalue weighted by Crippen LogP contribution is -2.20. The van der Waals surface area contributed by atoms with Crippen LogP contribution in [0.2, 0.25) is 0 Å². The number of nitro groups is 1. The molecule has 0 amide bonds. The van der Waals surface area contributed by atoms with Gasteiger partial charge >= 0.3 is 11.8 Å². The Morgan fingerprint density at radius 3 is 2.61 bits per heavy atom. The summed E-state index contributed by atoms with van der Waals surface area (Å²) in [5.41, 5.74) is 0.0846. The number of nitrogens with one attached hydrogen (secondary N) is 1. The lowest BCUT2D eigenvalue weighted by atomic mass is 9.97. The Morgan fingerprint density at radius 2 is 2.17 bits per heavy atom. The number of hydrogen-bond acceptors (Lipinski definition) is 5. The molecule has 1 aromatic rings. The first-order valence-electron chi connectivity index (χ1n) is 5.32. The summed E-state index contributed by atoms with van der Waals surface area (Å²) in [5, 5.41) is 22.5. The summed E-state index contributed by atoms with van der Waals surface area (Å²) in [6, 6.07) is 0.952. The number of aromatic carboxylic acids is 1. The number of hydrogen-bond donors (Lipinski definition) is 2. The number of rotatable bonds is 4. The van der Waals surface area contributed by atoms with E-state index >= 15 is 0 Å². The molecule has 0 saturated carbocycles. The van der Waals surface area contributed by atoms with Gasteiger partial charge in [0.05, 0.1) is 17.3 Å². The van der Waals surface area contributed by atoms with Gasteiger partial charge in [-0.25, -0.2) is 4.79 Å². The Morgan fingerprint density at radius 1 is 1.56 bits per heavy atom. The van der Waals surface area contributed by atoms with Crippen LogP contribution in [0.15, 0.2) is 12.3 Å². The van der Waals surface area contributed by atoms with Crippen molar-refractivity contribution >= 4 is 17.5 Å². The van der Waals surface area contributed by atoms with Crippen LogP contribution in [0, 0.1) is 15.5 Å². The van der Waals surface area contributed by atoms with E-state index in [4.69, 9.17) is 5.11 Å². The molecule has 98 valence electrons. The van der Waals surface area contributed by atoms with Gasteiger partial charge in [-0.3, -0.25) is 0 Å². The SMILES string of the molecule is CC(C)(C)CNc1cnc([N+](=O)[O-])cc1C(=O)O. The summed E-state index contributed by atoms with van der Waals surface area (Å²) in [4.78, 5) is 24.4. The zero-order chi connectivity index (χ0) is 13.9. The highest BCUT2D eigenvalue weighted by atomic mass is 16.6. The van der Waals surface area contributed by atoms with Crippen LogP contribution in [-0.2, 0) is 0 Å². The van der Waals surface area contributed by atoms with Crippen LogP contribution in [-0.4, -0.2) is 27.5 Å². The van der Waals surface area contributed by atoms with Gasteiger partial charge in [-0.15, -0.1) is 0 Å². The Labute approximate surface area is 104 Å². The fourth-order valence-corrected chi connectivity index (χ4v) is 1.22. The van der Waals surface area contributed by atoms with Crippen molar-refractivity contribution in [3.05, 3.63) is 27.9 Å². The zero-order valence-electron chi connectivity index (χ0n) is 10.4. The predicted molar refractivity (Wildman–Crippen MR) is 65.8 cm³/mol. The molecule has 0 unspecified atom stereocenters. The molecule has 0 saturated heterocycles. The maximum absolute atomic E-state index is 11.0. The van der Waals surface area contributed by atoms with E-state index in [1.165, 1.54) is 6.20 Å². The number of carboxylic acids is 1. The molecule has 0 aromatic carbocycles. The number of aromatic nitrogens is 1. The van der Waals surface area contributed by atoms with Crippen LogP contribution in [0.25, 0.3) is 0 Å². The van der Waals surface area contributed by atoms with Crippen molar-refractivity contribution in [2.75, 3.05) is 11.9 Å². The highest BCUT2D eigenvalue weighted by molar-refractivity contribution is 5.94. The molecule has 7 nitrogen and oxygen atoms in total. The van der Waals surface area contributed by atoms with Crippen LogP contribution in [0.1, 0.15) is 31.1 Å². The van der Waals surface area contributed by atoms with Crippen LogP contribution < -0.4 is 5.32 Å². The lowest BCUT2D eigenvalue weighted by molar-refractivity contribution is -0.389. The largest absolute Gasteiger partial charge is 0.478 e. The minimum absolute atomic E-state index is 0.0441. The molecule has 0 spiro atoms. The molecule has 1 aromatic heterocycles. The fraction of sp³-hybridized carbons (Fsp3) is 0.455. The minimum Gasteiger partial charge on any atom is -0.478 e. The monoisotopic (exact) mass is 253 g/mol. The molecule has 0 bridgehead atoms. The zero-order valence-corrected chi connectivity index (χ0v) is 10.4. The molecule has 0 aliphatic rings. The summed E-state index contributed by atoms with van der Waals surface area (Å²) in [6.45, 7) is 6.49. The van der Waals surface area contributed by atoms with Gasteiger partial charge in [0.15, 0.2) is 6.20 Å². The molecule has 0 aliphatic heterocycles. The average Bonchev–Trinajstić information content (AvgIpc) is 2.24. The van der Waals surface area contributed by atoms with Crippen molar-refractivity contribution in [2.45, 2.75) is 20.8 Å². The third-order valence-electron chi connectivity index (χ3n) is 2.12. The Kier molecular flexibility index (Phi) is 3.85. The maximum Gasteiger partial charge on any atom is 0.364 e. The van der Waals surface area contributed by atoms with Gasteiger partial charge in [0.2, 0.25) is 0 Å². The molecule has 7 heteroatoms. The topological polar surface area (TPSA) is 105 Å². The van der Waals surface area contributed by atoms with Crippen LogP contribution in [0.3, 0.4) is 0 Å². The second-order valence-electron chi connectivity index (χ2n) is 5.06. The fourth-order valence-electron chi connectivity index (χ4n) is 1.22. The summed E-state index contributed by atoms with van der Waals surface area (Å²) in [7, 11) is 0. The van der Waals surface area contributed by atoms with Crippen LogP contribution >= 0.6 is 0 Å². The quantitative estimate of drug-likeness (QED) is 0.629. The smallest absolute Gasteiger partial charge is 0.364 e. The second-order valence-corrected chi connectivity index (χ2v) is 5.06. The van der Waals surface area contributed by atoms with Gasteiger partial charge < -0.3 is 20.5 Å². The van der Waals surface area contributed by atoms with Gasteiger partial charge in [0.1, 0.15) is 0 Å². The van der Waals surface area contributed by atoms with E-state index in [1.807, 2.05) is 20.8 Å². The maximum atomic E-state index is 11.0. The summed E-state index contributed by atoms with van der Waals surface area (Å²) < 4.78 is 0. The van der Waals surface area contributed by atoms with Crippen molar-refractivity contribution in [3.8, 4) is 0 Å². The second kappa shape index (κ2) is 4.99. The molecule has 0 fully saturated rings. The van der Waals surface area contributed by atoms with E-state index in [0.29, 0.717) is 6.54 Å². The normalized spacial score (nSPS) is 11.1. The van der Waals surface area contributed by atoms with Crippen LogP contribution in [0.5, 0.6) is 0 Å². The highest BCUT2D eigenvalue weighted by Gasteiger charge is 2.19. The summed E-state index contributed by atoms with van der Waals surface area (Å²) in [5.74, 6) is -1.70. The van der Waals surface area contributed by atoms with Crippen molar-refractivity contribution in [1.82, 2.24) is 4.98 Å². The lowest BCUT2D eigenvalue weighted by Gasteiger charge is -2.19. The molecule has 1 heterocycles. The Balaban J connectivity index is 3.05.